The Labute approximate surface area is 127 Å². The van der Waals surface area contributed by atoms with Crippen LogP contribution in [0.1, 0.15) is 18.9 Å². The van der Waals surface area contributed by atoms with Crippen LogP contribution in [0.3, 0.4) is 0 Å². The van der Waals surface area contributed by atoms with Crippen LogP contribution in [0.15, 0.2) is 18.2 Å². The number of piperidine rings is 1. The number of hydrogen-bond acceptors (Lipinski definition) is 3. The molecule has 1 saturated heterocycles. The van der Waals surface area contributed by atoms with Crippen molar-refractivity contribution in [1.82, 2.24) is 4.90 Å². The van der Waals surface area contributed by atoms with Crippen LogP contribution in [0.4, 0.5) is 0 Å². The fourth-order valence-corrected chi connectivity index (χ4v) is 2.51. The number of carbonyl (C=O) groups is 1. The summed E-state index contributed by atoms with van der Waals surface area (Å²) in [5.41, 5.74) is -0.350. The summed E-state index contributed by atoms with van der Waals surface area (Å²) < 4.78 is 0. The van der Waals surface area contributed by atoms with Crippen molar-refractivity contribution in [2.24, 2.45) is 0 Å². The standard InChI is InChI=1S/C14H17Cl2NO3/c1-14(20)4-5-17(8-12(14)18)13(19)7-9-2-3-10(15)11(16)6-9/h2-3,6,12,18,20H,4-5,7-8H2,1H3/t12-,14+/m0/s1. The molecule has 0 saturated carbocycles. The van der Waals surface area contributed by atoms with Crippen LogP contribution in [0.5, 0.6) is 0 Å². The van der Waals surface area contributed by atoms with E-state index in [9.17, 15) is 15.0 Å². The Balaban J connectivity index is 2.00. The van der Waals surface area contributed by atoms with Gasteiger partial charge in [0.2, 0.25) is 5.91 Å². The first-order valence-corrected chi connectivity index (χ1v) is 7.17. The zero-order valence-corrected chi connectivity index (χ0v) is 12.7. The van der Waals surface area contributed by atoms with Crippen LogP contribution in [0.25, 0.3) is 0 Å². The zero-order chi connectivity index (χ0) is 14.9. The van der Waals surface area contributed by atoms with Crippen molar-refractivity contribution in [2.75, 3.05) is 13.1 Å². The topological polar surface area (TPSA) is 60.8 Å². The first-order chi connectivity index (χ1) is 9.29. The van der Waals surface area contributed by atoms with E-state index in [1.807, 2.05) is 0 Å². The first-order valence-electron chi connectivity index (χ1n) is 6.42. The smallest absolute Gasteiger partial charge is 0.227 e. The van der Waals surface area contributed by atoms with Gasteiger partial charge in [-0.2, -0.15) is 0 Å². The molecule has 4 nitrogen and oxygen atoms in total. The summed E-state index contributed by atoms with van der Waals surface area (Å²) in [6.07, 6.45) is -0.360. The van der Waals surface area contributed by atoms with E-state index in [1.54, 1.807) is 30.0 Å². The minimum atomic E-state index is -1.12. The number of halogens is 2. The zero-order valence-electron chi connectivity index (χ0n) is 11.1. The molecule has 110 valence electrons. The highest BCUT2D eigenvalue weighted by atomic mass is 35.5. The van der Waals surface area contributed by atoms with Crippen LogP contribution in [0, 0.1) is 0 Å². The number of aliphatic hydroxyl groups is 2. The largest absolute Gasteiger partial charge is 0.388 e. The lowest BCUT2D eigenvalue weighted by molar-refractivity contribution is -0.145. The van der Waals surface area contributed by atoms with Gasteiger partial charge in [-0.05, 0) is 31.0 Å². The second kappa shape index (κ2) is 5.90. The van der Waals surface area contributed by atoms with E-state index in [0.717, 1.165) is 5.56 Å². The number of amides is 1. The summed E-state index contributed by atoms with van der Waals surface area (Å²) >= 11 is 11.7. The van der Waals surface area contributed by atoms with Crippen molar-refractivity contribution in [3.8, 4) is 0 Å². The number of β-amino-alcohol motifs (C(OH)–C–C–N with tert-alkyl or cyclic N) is 1. The second-order valence-corrected chi connectivity index (χ2v) is 6.20. The molecule has 0 bridgehead atoms. The molecule has 20 heavy (non-hydrogen) atoms. The summed E-state index contributed by atoms with van der Waals surface area (Å²) in [7, 11) is 0. The normalized spacial score (nSPS) is 26.6. The van der Waals surface area contributed by atoms with E-state index in [2.05, 4.69) is 0 Å². The van der Waals surface area contributed by atoms with Gasteiger partial charge < -0.3 is 15.1 Å². The summed E-state index contributed by atoms with van der Waals surface area (Å²) in [5.74, 6) is -0.0991. The summed E-state index contributed by atoms with van der Waals surface area (Å²) in [4.78, 5) is 13.7. The lowest BCUT2D eigenvalue weighted by Crippen LogP contribution is -2.55. The molecule has 6 heteroatoms. The van der Waals surface area contributed by atoms with E-state index in [4.69, 9.17) is 23.2 Å². The molecule has 1 aromatic carbocycles. The number of aliphatic hydroxyl groups excluding tert-OH is 1. The third kappa shape index (κ3) is 3.44. The molecule has 1 aromatic rings. The molecule has 1 fully saturated rings. The van der Waals surface area contributed by atoms with E-state index in [1.165, 1.54) is 0 Å². The molecule has 2 rings (SSSR count). The third-order valence-electron chi connectivity index (χ3n) is 3.69. The van der Waals surface area contributed by atoms with E-state index in [-0.39, 0.29) is 18.9 Å². The first kappa shape index (κ1) is 15.6. The monoisotopic (exact) mass is 317 g/mol. The van der Waals surface area contributed by atoms with Gasteiger partial charge in [-0.25, -0.2) is 0 Å². The Morgan fingerprint density at radius 3 is 2.75 bits per heavy atom. The Morgan fingerprint density at radius 2 is 2.15 bits per heavy atom. The van der Waals surface area contributed by atoms with Crippen molar-refractivity contribution in [3.63, 3.8) is 0 Å². The molecular formula is C14H17Cl2NO3. The number of likely N-dealkylation sites (tertiary alicyclic amines) is 1. The van der Waals surface area contributed by atoms with Crippen molar-refractivity contribution in [1.29, 1.82) is 0 Å². The van der Waals surface area contributed by atoms with Gasteiger partial charge in [-0.3, -0.25) is 4.79 Å². The molecule has 1 aliphatic heterocycles. The quantitative estimate of drug-likeness (QED) is 0.875. The number of nitrogens with zero attached hydrogens (tertiary/aromatic N) is 1. The minimum Gasteiger partial charge on any atom is -0.388 e. The number of rotatable bonds is 2. The summed E-state index contributed by atoms with van der Waals surface area (Å²) in [6, 6.07) is 5.07. The molecule has 0 aliphatic carbocycles. The number of hydrogen-bond donors (Lipinski definition) is 2. The number of carbonyl (C=O) groups excluding carboxylic acids is 1. The minimum absolute atomic E-state index is 0.0991. The summed E-state index contributed by atoms with van der Waals surface area (Å²) in [6.45, 7) is 2.16. The third-order valence-corrected chi connectivity index (χ3v) is 4.43. The van der Waals surface area contributed by atoms with Gasteiger partial charge in [-0.1, -0.05) is 29.3 Å². The molecule has 0 radical (unpaired) electrons. The van der Waals surface area contributed by atoms with Gasteiger partial charge in [0.1, 0.15) is 0 Å². The molecule has 0 unspecified atom stereocenters. The van der Waals surface area contributed by atoms with E-state index in [0.29, 0.717) is 23.0 Å². The van der Waals surface area contributed by atoms with Gasteiger partial charge in [0, 0.05) is 13.1 Å². The SMILES string of the molecule is C[C@@]1(O)CCN(C(=O)Cc2ccc(Cl)c(Cl)c2)C[C@@H]1O. The second-order valence-electron chi connectivity index (χ2n) is 5.39. The molecule has 2 atom stereocenters. The maximum Gasteiger partial charge on any atom is 0.227 e. The molecule has 0 aromatic heterocycles. The van der Waals surface area contributed by atoms with Crippen molar-refractivity contribution < 1.29 is 15.0 Å². The molecule has 1 amide bonds. The van der Waals surface area contributed by atoms with E-state index < -0.39 is 11.7 Å². The van der Waals surface area contributed by atoms with Gasteiger partial charge in [0.15, 0.2) is 0 Å². The lowest BCUT2D eigenvalue weighted by atomic mass is 9.90. The lowest BCUT2D eigenvalue weighted by Gasteiger charge is -2.40. The fraction of sp³-hybridized carbons (Fsp3) is 0.500. The van der Waals surface area contributed by atoms with Crippen molar-refractivity contribution in [2.45, 2.75) is 31.5 Å². The van der Waals surface area contributed by atoms with Crippen LogP contribution >= 0.6 is 23.2 Å². The van der Waals surface area contributed by atoms with E-state index >= 15 is 0 Å². The molecule has 1 heterocycles. The maximum absolute atomic E-state index is 12.2. The average Bonchev–Trinajstić information content (AvgIpc) is 2.37. The highest BCUT2D eigenvalue weighted by Gasteiger charge is 2.37. The van der Waals surface area contributed by atoms with Crippen molar-refractivity contribution >= 4 is 29.1 Å². The van der Waals surface area contributed by atoms with Crippen LogP contribution in [0.2, 0.25) is 10.0 Å². The Hall–Kier alpha value is -0.810. The molecule has 1 aliphatic rings. The molecule has 0 spiro atoms. The highest BCUT2D eigenvalue weighted by molar-refractivity contribution is 6.42. The van der Waals surface area contributed by atoms with Crippen LogP contribution in [-0.2, 0) is 11.2 Å². The highest BCUT2D eigenvalue weighted by Crippen LogP contribution is 2.25. The van der Waals surface area contributed by atoms with Crippen LogP contribution in [-0.4, -0.2) is 45.8 Å². The van der Waals surface area contributed by atoms with Gasteiger partial charge >= 0.3 is 0 Å². The average molecular weight is 318 g/mol. The predicted octanol–water partition coefficient (Wildman–Crippen LogP) is 1.88. The predicted molar refractivity (Wildman–Crippen MR) is 78.0 cm³/mol. The number of benzene rings is 1. The fourth-order valence-electron chi connectivity index (χ4n) is 2.19. The van der Waals surface area contributed by atoms with Crippen molar-refractivity contribution in [3.05, 3.63) is 33.8 Å². The Bertz CT molecular complexity index is 519. The molecule has 2 N–H and O–H groups in total. The van der Waals surface area contributed by atoms with Gasteiger partial charge in [0.05, 0.1) is 28.2 Å². The Kier molecular flexibility index (Phi) is 4.59. The van der Waals surface area contributed by atoms with Gasteiger partial charge in [0.25, 0.3) is 0 Å². The van der Waals surface area contributed by atoms with Gasteiger partial charge in [-0.15, -0.1) is 0 Å². The molecular weight excluding hydrogens is 301 g/mol. The Morgan fingerprint density at radius 1 is 1.45 bits per heavy atom. The van der Waals surface area contributed by atoms with Crippen LogP contribution < -0.4 is 0 Å². The maximum atomic E-state index is 12.2. The summed E-state index contributed by atoms with van der Waals surface area (Å²) in [5, 5.41) is 20.6.